The van der Waals surface area contributed by atoms with Gasteiger partial charge in [0.05, 0.1) is 41.7 Å². The van der Waals surface area contributed by atoms with Gasteiger partial charge in [-0.15, -0.1) is 0 Å². The van der Waals surface area contributed by atoms with E-state index in [-0.39, 0.29) is 10.5 Å². The van der Waals surface area contributed by atoms with Crippen molar-refractivity contribution in [3.63, 3.8) is 0 Å². The molecule has 1 aromatic carbocycles. The van der Waals surface area contributed by atoms with E-state index >= 15 is 0 Å². The lowest BCUT2D eigenvalue weighted by Crippen LogP contribution is -2.37. The predicted molar refractivity (Wildman–Crippen MR) is 136 cm³/mol. The maximum atomic E-state index is 13.3. The lowest BCUT2D eigenvalue weighted by molar-refractivity contribution is 0.123. The first kappa shape index (κ1) is 23.8. The average molecular weight is 498 g/mol. The van der Waals surface area contributed by atoms with Crippen molar-refractivity contribution in [1.82, 2.24) is 13.7 Å². The molecule has 0 aliphatic carbocycles. The van der Waals surface area contributed by atoms with Crippen LogP contribution in [-0.4, -0.2) is 61.5 Å². The zero-order valence-electron chi connectivity index (χ0n) is 19.9. The number of pyridine rings is 1. The van der Waals surface area contributed by atoms with Crippen LogP contribution in [0.5, 0.6) is 0 Å². The first-order valence-electron chi connectivity index (χ1n) is 12.1. The van der Waals surface area contributed by atoms with Crippen LogP contribution in [0, 0.1) is 6.92 Å². The fraction of sp³-hybridized carbons (Fsp3) is 0.440. The molecule has 186 valence electrons. The van der Waals surface area contributed by atoms with Gasteiger partial charge in [-0.05, 0) is 49.6 Å². The summed E-state index contributed by atoms with van der Waals surface area (Å²) < 4.78 is 35.3. The molecular weight excluding hydrogens is 466 g/mol. The number of aryl methyl sites for hydroxylation is 1. The summed E-state index contributed by atoms with van der Waals surface area (Å²) in [6, 6.07) is 10.5. The van der Waals surface area contributed by atoms with Gasteiger partial charge in [0, 0.05) is 38.4 Å². The highest BCUT2D eigenvalue weighted by atomic mass is 32.2. The zero-order valence-corrected chi connectivity index (χ0v) is 20.8. The molecule has 10 heteroatoms. The molecule has 0 saturated carbocycles. The summed E-state index contributed by atoms with van der Waals surface area (Å²) in [7, 11) is -3.57. The van der Waals surface area contributed by atoms with Gasteiger partial charge >= 0.3 is 0 Å². The van der Waals surface area contributed by atoms with Crippen LogP contribution in [0.25, 0.3) is 5.65 Å². The minimum atomic E-state index is -3.57. The Morgan fingerprint density at radius 1 is 1.00 bits per heavy atom. The van der Waals surface area contributed by atoms with Crippen LogP contribution >= 0.6 is 0 Å². The summed E-state index contributed by atoms with van der Waals surface area (Å²) in [5.74, 6) is 0. The van der Waals surface area contributed by atoms with E-state index in [2.05, 4.69) is 15.2 Å². The smallest absolute Gasteiger partial charge is 0.258 e. The second-order valence-electron chi connectivity index (χ2n) is 9.12. The molecule has 35 heavy (non-hydrogen) atoms. The van der Waals surface area contributed by atoms with Gasteiger partial charge in [0.25, 0.3) is 5.56 Å². The Hall–Kier alpha value is -2.95. The third-order valence-corrected chi connectivity index (χ3v) is 8.49. The number of nitrogens with zero attached hydrogens (tertiary/aromatic N) is 4. The number of hydrogen-bond donors (Lipinski definition) is 1. The normalized spacial score (nSPS) is 17.6. The van der Waals surface area contributed by atoms with Gasteiger partial charge in [-0.25, -0.2) is 13.4 Å². The number of rotatable bonds is 6. The van der Waals surface area contributed by atoms with Crippen molar-refractivity contribution < 1.29 is 13.2 Å². The number of hydrogen-bond acceptors (Lipinski definition) is 7. The van der Waals surface area contributed by atoms with Crippen LogP contribution in [0.4, 0.5) is 11.4 Å². The Balaban J connectivity index is 1.47. The van der Waals surface area contributed by atoms with E-state index in [1.54, 1.807) is 22.6 Å². The van der Waals surface area contributed by atoms with E-state index in [0.717, 1.165) is 43.6 Å². The quantitative estimate of drug-likeness (QED) is 0.559. The Bertz CT molecular complexity index is 1380. The van der Waals surface area contributed by atoms with Crippen molar-refractivity contribution in [2.45, 2.75) is 37.6 Å². The predicted octanol–water partition coefficient (Wildman–Crippen LogP) is 2.63. The van der Waals surface area contributed by atoms with E-state index in [4.69, 9.17) is 4.74 Å². The molecule has 3 aromatic rings. The van der Waals surface area contributed by atoms with Crippen molar-refractivity contribution in [3.05, 3.63) is 64.2 Å². The fourth-order valence-corrected chi connectivity index (χ4v) is 6.23. The van der Waals surface area contributed by atoms with Gasteiger partial charge in [0.15, 0.2) is 0 Å². The largest absolute Gasteiger partial charge is 0.378 e. The number of benzene rings is 1. The number of aromatic nitrogens is 2. The molecule has 0 radical (unpaired) electrons. The molecule has 9 nitrogen and oxygen atoms in total. The van der Waals surface area contributed by atoms with Crippen LogP contribution in [0.3, 0.4) is 0 Å². The minimum Gasteiger partial charge on any atom is -0.378 e. The standard InChI is InChI=1S/C25H31N5O4S/c1-19-5-8-24-27-20(15-25(31)30(24)18-19)17-26-22-16-21(35(32,33)29-9-3-2-4-10-29)6-7-23(22)28-11-13-34-14-12-28/h5-8,15-16,18,26H,2-4,9-14,17H2,1H3. The molecule has 5 rings (SSSR count). The molecule has 0 bridgehead atoms. The number of nitrogens with one attached hydrogen (secondary N) is 1. The SMILES string of the molecule is Cc1ccc2nc(CNc3cc(S(=O)(=O)N4CCCCC4)ccc3N3CCOCC3)cc(=O)n2c1. The van der Waals surface area contributed by atoms with Gasteiger partial charge in [-0.2, -0.15) is 4.31 Å². The van der Waals surface area contributed by atoms with Crippen LogP contribution < -0.4 is 15.8 Å². The zero-order chi connectivity index (χ0) is 24.4. The first-order valence-corrected chi connectivity index (χ1v) is 13.6. The topological polar surface area (TPSA) is 96.2 Å². The highest BCUT2D eigenvalue weighted by molar-refractivity contribution is 7.89. The molecular formula is C25H31N5O4S. The number of anilines is 2. The maximum absolute atomic E-state index is 13.3. The van der Waals surface area contributed by atoms with E-state index in [1.807, 2.05) is 25.1 Å². The molecule has 2 aliphatic rings. The van der Waals surface area contributed by atoms with Crippen LogP contribution in [0.2, 0.25) is 0 Å². The number of ether oxygens (including phenoxy) is 1. The van der Waals surface area contributed by atoms with E-state index in [0.29, 0.717) is 49.9 Å². The molecule has 2 saturated heterocycles. The second-order valence-corrected chi connectivity index (χ2v) is 11.1. The van der Waals surface area contributed by atoms with Crippen molar-refractivity contribution >= 4 is 27.0 Å². The Morgan fingerprint density at radius 2 is 1.77 bits per heavy atom. The van der Waals surface area contributed by atoms with Crippen LogP contribution in [0.15, 0.2) is 52.3 Å². The Morgan fingerprint density at radius 3 is 2.54 bits per heavy atom. The van der Waals surface area contributed by atoms with Crippen molar-refractivity contribution in [3.8, 4) is 0 Å². The first-order chi connectivity index (χ1) is 16.9. The van der Waals surface area contributed by atoms with Gasteiger partial charge in [0.2, 0.25) is 10.0 Å². The fourth-order valence-electron chi connectivity index (χ4n) is 4.69. The van der Waals surface area contributed by atoms with Crippen molar-refractivity contribution in [1.29, 1.82) is 0 Å². The third kappa shape index (κ3) is 5.05. The number of sulfonamides is 1. The van der Waals surface area contributed by atoms with Gasteiger partial charge < -0.3 is 15.0 Å². The number of fused-ring (bicyclic) bond motifs is 1. The number of piperidine rings is 1. The minimum absolute atomic E-state index is 0.148. The summed E-state index contributed by atoms with van der Waals surface area (Å²) in [6.07, 6.45) is 4.61. The van der Waals surface area contributed by atoms with Crippen LogP contribution in [-0.2, 0) is 21.3 Å². The molecule has 2 aromatic heterocycles. The molecule has 0 spiro atoms. The lowest BCUT2D eigenvalue weighted by Gasteiger charge is -2.31. The molecule has 2 aliphatic heterocycles. The molecule has 0 amide bonds. The monoisotopic (exact) mass is 497 g/mol. The van der Waals surface area contributed by atoms with E-state index < -0.39 is 10.0 Å². The molecule has 0 unspecified atom stereocenters. The summed E-state index contributed by atoms with van der Waals surface area (Å²) in [6.45, 7) is 6.03. The maximum Gasteiger partial charge on any atom is 0.258 e. The van der Waals surface area contributed by atoms with E-state index in [9.17, 15) is 13.2 Å². The van der Waals surface area contributed by atoms with Gasteiger partial charge in [-0.1, -0.05) is 12.5 Å². The average Bonchev–Trinajstić information content (AvgIpc) is 2.89. The van der Waals surface area contributed by atoms with Gasteiger partial charge in [-0.3, -0.25) is 9.20 Å². The summed E-state index contributed by atoms with van der Waals surface area (Å²) in [5, 5.41) is 3.37. The third-order valence-electron chi connectivity index (χ3n) is 6.59. The highest BCUT2D eigenvalue weighted by Gasteiger charge is 2.27. The molecule has 4 heterocycles. The van der Waals surface area contributed by atoms with Gasteiger partial charge in [0.1, 0.15) is 5.65 Å². The van der Waals surface area contributed by atoms with E-state index in [1.165, 1.54) is 10.5 Å². The molecule has 0 atom stereocenters. The molecule has 1 N–H and O–H groups in total. The van der Waals surface area contributed by atoms with Crippen molar-refractivity contribution in [2.75, 3.05) is 49.6 Å². The second kappa shape index (κ2) is 9.96. The van der Waals surface area contributed by atoms with Crippen molar-refractivity contribution in [2.24, 2.45) is 0 Å². The lowest BCUT2D eigenvalue weighted by atomic mass is 10.2. The van der Waals surface area contributed by atoms with Crippen LogP contribution in [0.1, 0.15) is 30.5 Å². The Kier molecular flexibility index (Phi) is 6.77. The summed E-state index contributed by atoms with van der Waals surface area (Å²) in [4.78, 5) is 19.7. The Labute approximate surface area is 205 Å². The summed E-state index contributed by atoms with van der Waals surface area (Å²) in [5.41, 5.74) is 3.63. The summed E-state index contributed by atoms with van der Waals surface area (Å²) >= 11 is 0. The highest BCUT2D eigenvalue weighted by Crippen LogP contribution is 2.32. The molecule has 2 fully saturated rings. The number of morpholine rings is 1.